The van der Waals surface area contributed by atoms with Crippen LogP contribution in [0.3, 0.4) is 0 Å². The van der Waals surface area contributed by atoms with Crippen molar-refractivity contribution >= 4 is 46.0 Å². The largest absolute Gasteiger partial charge is 0.496 e. The quantitative estimate of drug-likeness (QED) is 0.345. The highest BCUT2D eigenvalue weighted by Gasteiger charge is 2.12. The molecule has 3 aromatic carbocycles. The SMILES string of the molecule is COc1ccc(C(=O)NNC(=O)c2ccc(NC(=O)c3cccc(C)c3)cc2)cc1I. The van der Waals surface area contributed by atoms with E-state index in [-0.39, 0.29) is 5.91 Å². The van der Waals surface area contributed by atoms with Crippen LogP contribution in [0.5, 0.6) is 5.75 Å². The van der Waals surface area contributed by atoms with Gasteiger partial charge in [0.25, 0.3) is 17.7 Å². The lowest BCUT2D eigenvalue weighted by molar-refractivity contribution is 0.0846. The van der Waals surface area contributed by atoms with E-state index in [2.05, 4.69) is 38.8 Å². The Labute approximate surface area is 193 Å². The zero-order valence-corrected chi connectivity index (χ0v) is 19.0. The number of anilines is 1. The zero-order valence-electron chi connectivity index (χ0n) is 16.9. The Kier molecular flexibility index (Phi) is 7.24. The highest BCUT2D eigenvalue weighted by Crippen LogP contribution is 2.21. The molecule has 3 amide bonds. The highest BCUT2D eigenvalue weighted by atomic mass is 127. The maximum absolute atomic E-state index is 12.3. The molecule has 3 N–H and O–H groups in total. The number of hydrogen-bond donors (Lipinski definition) is 3. The molecule has 0 atom stereocenters. The molecule has 0 aliphatic heterocycles. The number of carbonyl (C=O) groups excluding carboxylic acids is 3. The molecule has 3 rings (SSSR count). The van der Waals surface area contributed by atoms with E-state index in [4.69, 9.17) is 4.74 Å². The summed E-state index contributed by atoms with van der Waals surface area (Å²) in [6.07, 6.45) is 0. The molecular formula is C23H20IN3O4. The van der Waals surface area contributed by atoms with Gasteiger partial charge in [0.05, 0.1) is 10.7 Å². The monoisotopic (exact) mass is 529 g/mol. The summed E-state index contributed by atoms with van der Waals surface area (Å²) in [6.45, 7) is 1.92. The van der Waals surface area contributed by atoms with E-state index < -0.39 is 11.8 Å². The summed E-state index contributed by atoms with van der Waals surface area (Å²) in [7, 11) is 1.55. The summed E-state index contributed by atoms with van der Waals surface area (Å²) < 4.78 is 5.94. The minimum absolute atomic E-state index is 0.234. The Balaban J connectivity index is 1.57. The Morgan fingerprint density at radius 1 is 0.774 bits per heavy atom. The van der Waals surface area contributed by atoms with E-state index in [0.29, 0.717) is 28.1 Å². The number of halogens is 1. The number of rotatable bonds is 5. The first kappa shape index (κ1) is 22.3. The standard InChI is InChI=1S/C23H20IN3O4/c1-14-4-3-5-16(12-14)21(28)25-18-9-6-15(7-10-18)22(29)26-27-23(30)17-8-11-20(31-2)19(24)13-17/h3-13H,1-2H3,(H,25,28)(H,26,29)(H,27,30). The Morgan fingerprint density at radius 3 is 2.00 bits per heavy atom. The molecule has 0 saturated carbocycles. The van der Waals surface area contributed by atoms with E-state index in [9.17, 15) is 14.4 Å². The van der Waals surface area contributed by atoms with Crippen LogP contribution < -0.4 is 20.9 Å². The van der Waals surface area contributed by atoms with Crippen molar-refractivity contribution in [1.82, 2.24) is 10.9 Å². The second-order valence-electron chi connectivity index (χ2n) is 6.66. The van der Waals surface area contributed by atoms with Gasteiger partial charge in [-0.2, -0.15) is 0 Å². The van der Waals surface area contributed by atoms with Gasteiger partial charge in [-0.1, -0.05) is 17.7 Å². The minimum Gasteiger partial charge on any atom is -0.496 e. The van der Waals surface area contributed by atoms with Crippen molar-refractivity contribution in [2.45, 2.75) is 6.92 Å². The Hall–Kier alpha value is -3.40. The van der Waals surface area contributed by atoms with Gasteiger partial charge in [-0.05, 0) is 84.1 Å². The predicted molar refractivity (Wildman–Crippen MR) is 126 cm³/mol. The van der Waals surface area contributed by atoms with E-state index in [1.165, 1.54) is 0 Å². The normalized spacial score (nSPS) is 10.2. The van der Waals surface area contributed by atoms with E-state index >= 15 is 0 Å². The molecule has 3 aromatic rings. The molecule has 158 valence electrons. The van der Waals surface area contributed by atoms with E-state index in [0.717, 1.165) is 9.13 Å². The van der Waals surface area contributed by atoms with Crippen LogP contribution in [0.15, 0.2) is 66.7 Å². The van der Waals surface area contributed by atoms with Gasteiger partial charge in [0.1, 0.15) is 5.75 Å². The summed E-state index contributed by atoms with van der Waals surface area (Å²) in [5, 5.41) is 2.79. The second kappa shape index (κ2) is 10.1. The molecule has 0 fully saturated rings. The van der Waals surface area contributed by atoms with Gasteiger partial charge >= 0.3 is 0 Å². The molecular weight excluding hydrogens is 509 g/mol. The molecule has 0 unspecified atom stereocenters. The molecule has 8 heteroatoms. The van der Waals surface area contributed by atoms with Gasteiger partial charge < -0.3 is 10.1 Å². The zero-order chi connectivity index (χ0) is 22.4. The fourth-order valence-corrected chi connectivity index (χ4v) is 3.50. The Bertz CT molecular complexity index is 1130. The molecule has 31 heavy (non-hydrogen) atoms. The highest BCUT2D eigenvalue weighted by molar-refractivity contribution is 14.1. The number of ether oxygens (including phenoxy) is 1. The molecule has 7 nitrogen and oxygen atoms in total. The summed E-state index contributed by atoms with van der Waals surface area (Å²) in [6, 6.07) is 18.6. The van der Waals surface area contributed by atoms with Gasteiger partial charge in [0.15, 0.2) is 0 Å². The summed E-state index contributed by atoms with van der Waals surface area (Å²) in [4.78, 5) is 36.9. The van der Waals surface area contributed by atoms with Gasteiger partial charge in [0, 0.05) is 22.4 Å². The summed E-state index contributed by atoms with van der Waals surface area (Å²) >= 11 is 2.06. The predicted octanol–water partition coefficient (Wildman–Crippen LogP) is 3.94. The number of aryl methyl sites for hydroxylation is 1. The number of nitrogens with one attached hydrogen (secondary N) is 3. The molecule has 0 spiro atoms. The summed E-state index contributed by atoms with van der Waals surface area (Å²) in [5.41, 5.74) is 7.58. The first-order chi connectivity index (χ1) is 14.9. The average Bonchev–Trinajstić information content (AvgIpc) is 2.77. The smallest absolute Gasteiger partial charge is 0.269 e. The van der Waals surface area contributed by atoms with Crippen molar-refractivity contribution in [1.29, 1.82) is 0 Å². The number of benzene rings is 3. The lowest BCUT2D eigenvalue weighted by Gasteiger charge is -2.10. The lowest BCUT2D eigenvalue weighted by atomic mass is 10.1. The molecule has 0 heterocycles. The number of methoxy groups -OCH3 is 1. The van der Waals surface area contributed by atoms with Crippen molar-refractivity contribution in [3.8, 4) is 5.75 Å². The van der Waals surface area contributed by atoms with Gasteiger partial charge in [-0.15, -0.1) is 0 Å². The van der Waals surface area contributed by atoms with Crippen LogP contribution in [0, 0.1) is 10.5 Å². The number of hydrazine groups is 1. The summed E-state index contributed by atoms with van der Waals surface area (Å²) in [5.74, 6) is -0.498. The minimum atomic E-state index is -0.479. The third-order valence-corrected chi connectivity index (χ3v) is 5.23. The number of carbonyl (C=O) groups is 3. The molecule has 0 aromatic heterocycles. The molecule has 0 bridgehead atoms. The van der Waals surface area contributed by atoms with Crippen molar-refractivity contribution in [3.05, 3.63) is 92.6 Å². The van der Waals surface area contributed by atoms with Crippen LogP contribution >= 0.6 is 22.6 Å². The van der Waals surface area contributed by atoms with Crippen molar-refractivity contribution in [3.63, 3.8) is 0 Å². The average molecular weight is 529 g/mol. The number of amides is 3. The van der Waals surface area contributed by atoms with E-state index in [1.807, 2.05) is 19.1 Å². The Morgan fingerprint density at radius 2 is 1.39 bits per heavy atom. The van der Waals surface area contributed by atoms with Crippen molar-refractivity contribution in [2.24, 2.45) is 0 Å². The van der Waals surface area contributed by atoms with Crippen LogP contribution in [-0.4, -0.2) is 24.8 Å². The van der Waals surface area contributed by atoms with Crippen molar-refractivity contribution in [2.75, 3.05) is 12.4 Å². The fourth-order valence-electron chi connectivity index (χ4n) is 2.76. The molecule has 0 radical (unpaired) electrons. The van der Waals surface area contributed by atoms with E-state index in [1.54, 1.807) is 61.7 Å². The second-order valence-corrected chi connectivity index (χ2v) is 7.82. The van der Waals surface area contributed by atoms with Crippen LogP contribution in [0.25, 0.3) is 0 Å². The van der Waals surface area contributed by atoms with Gasteiger partial charge in [0.2, 0.25) is 0 Å². The van der Waals surface area contributed by atoms with Gasteiger partial charge in [-0.3, -0.25) is 25.2 Å². The maximum Gasteiger partial charge on any atom is 0.269 e. The molecule has 0 aliphatic carbocycles. The molecule has 0 saturated heterocycles. The fraction of sp³-hybridized carbons (Fsp3) is 0.0870. The third kappa shape index (κ3) is 5.82. The van der Waals surface area contributed by atoms with Crippen molar-refractivity contribution < 1.29 is 19.1 Å². The van der Waals surface area contributed by atoms with Crippen LogP contribution in [-0.2, 0) is 0 Å². The topological polar surface area (TPSA) is 96.5 Å². The lowest BCUT2D eigenvalue weighted by Crippen LogP contribution is -2.41. The number of hydrogen-bond acceptors (Lipinski definition) is 4. The van der Waals surface area contributed by atoms with Crippen LogP contribution in [0.1, 0.15) is 36.6 Å². The molecule has 0 aliphatic rings. The van der Waals surface area contributed by atoms with Gasteiger partial charge in [-0.25, -0.2) is 0 Å². The maximum atomic E-state index is 12.3. The first-order valence-electron chi connectivity index (χ1n) is 9.29. The third-order valence-electron chi connectivity index (χ3n) is 4.39. The van der Waals surface area contributed by atoms with Crippen LogP contribution in [0.4, 0.5) is 5.69 Å². The van der Waals surface area contributed by atoms with Crippen LogP contribution in [0.2, 0.25) is 0 Å². The first-order valence-corrected chi connectivity index (χ1v) is 10.4.